The van der Waals surface area contributed by atoms with Crippen LogP contribution in [-0.4, -0.2) is 12.1 Å². The third kappa shape index (κ3) is 4.55. The molecule has 2 rings (SSSR count). The van der Waals surface area contributed by atoms with Crippen molar-refractivity contribution in [1.29, 1.82) is 0 Å². The van der Waals surface area contributed by atoms with Crippen LogP contribution in [0.2, 0.25) is 0 Å². The van der Waals surface area contributed by atoms with Crippen LogP contribution in [0.25, 0.3) is 0 Å². The normalized spacial score (nSPS) is 11.6. The third-order valence-corrected chi connectivity index (χ3v) is 3.70. The molecule has 2 aromatic rings. The molecule has 1 N–H and O–H groups in total. The summed E-state index contributed by atoms with van der Waals surface area (Å²) in [6, 6.07) is 13.5. The highest BCUT2D eigenvalue weighted by Crippen LogP contribution is 2.11. The number of rotatable bonds is 6. The van der Waals surface area contributed by atoms with E-state index in [9.17, 15) is 4.79 Å². The average Bonchev–Trinajstić information content (AvgIpc) is 2.98. The average molecular weight is 287 g/mol. The van der Waals surface area contributed by atoms with Crippen LogP contribution in [0.4, 0.5) is 4.79 Å². The van der Waals surface area contributed by atoms with Gasteiger partial charge in [-0.05, 0) is 17.0 Å². The van der Waals surface area contributed by atoms with Crippen LogP contribution < -0.4 is 5.32 Å². The predicted molar refractivity (Wildman–Crippen MR) is 81.8 cm³/mol. The molecule has 0 fully saturated rings. The summed E-state index contributed by atoms with van der Waals surface area (Å²) in [4.78, 5) is 12.9. The second-order valence-corrected chi connectivity index (χ2v) is 5.36. The molecule has 0 spiro atoms. The zero-order valence-electron chi connectivity index (χ0n) is 11.1. The monoisotopic (exact) mass is 287 g/mol. The molecule has 0 aliphatic rings. The zero-order valence-corrected chi connectivity index (χ0v) is 11.9. The van der Waals surface area contributed by atoms with Crippen LogP contribution in [-0.2, 0) is 17.8 Å². The molecule has 1 amide bonds. The Kier molecular flexibility index (Phi) is 5.38. The second kappa shape index (κ2) is 7.50. The van der Waals surface area contributed by atoms with Crippen molar-refractivity contribution in [2.24, 2.45) is 0 Å². The molecule has 0 saturated carbocycles. The topological polar surface area (TPSA) is 38.3 Å². The van der Waals surface area contributed by atoms with Crippen molar-refractivity contribution in [1.82, 2.24) is 5.32 Å². The first-order valence-corrected chi connectivity index (χ1v) is 7.28. The van der Waals surface area contributed by atoms with Gasteiger partial charge in [-0.3, -0.25) is 0 Å². The summed E-state index contributed by atoms with van der Waals surface area (Å²) < 4.78 is 5.19. The van der Waals surface area contributed by atoms with Gasteiger partial charge in [0.1, 0.15) is 6.61 Å². The molecule has 3 nitrogen and oxygen atoms in total. The Morgan fingerprint density at radius 2 is 2.10 bits per heavy atom. The van der Waals surface area contributed by atoms with Crippen LogP contribution in [0.5, 0.6) is 0 Å². The summed E-state index contributed by atoms with van der Waals surface area (Å²) in [6.07, 6.45) is 2.04. The Bertz CT molecular complexity index is 537. The second-order valence-electron chi connectivity index (χ2n) is 4.33. The molecule has 1 aromatic heterocycles. The number of amides is 1. The molecule has 1 aromatic carbocycles. The Hall–Kier alpha value is -2.07. The lowest BCUT2D eigenvalue weighted by atomic mass is 10.2. The van der Waals surface area contributed by atoms with Crippen molar-refractivity contribution in [3.05, 3.63) is 70.9 Å². The Morgan fingerprint density at radius 1 is 1.30 bits per heavy atom. The van der Waals surface area contributed by atoms with E-state index < -0.39 is 6.09 Å². The first kappa shape index (κ1) is 14.3. The number of ether oxygens (including phenoxy) is 1. The van der Waals surface area contributed by atoms with E-state index in [4.69, 9.17) is 4.74 Å². The predicted octanol–water partition coefficient (Wildman–Crippen LogP) is 3.77. The summed E-state index contributed by atoms with van der Waals surface area (Å²) >= 11 is 1.66. The number of hydrogen-bond acceptors (Lipinski definition) is 3. The molecule has 4 heteroatoms. The number of alkyl carbamates (subject to hydrolysis) is 1. The molecule has 0 aliphatic heterocycles. The van der Waals surface area contributed by atoms with Crippen molar-refractivity contribution in [2.75, 3.05) is 0 Å². The summed E-state index contributed by atoms with van der Waals surface area (Å²) in [6.45, 7) is 4.02. The fourth-order valence-corrected chi connectivity index (χ4v) is 2.52. The lowest BCUT2D eigenvalue weighted by Crippen LogP contribution is -2.35. The van der Waals surface area contributed by atoms with Gasteiger partial charge in [-0.25, -0.2) is 4.79 Å². The van der Waals surface area contributed by atoms with Gasteiger partial charge in [0.25, 0.3) is 0 Å². The number of nitrogens with one attached hydrogen (secondary N) is 1. The number of hydrogen-bond donors (Lipinski definition) is 1. The minimum Gasteiger partial charge on any atom is -0.445 e. The van der Waals surface area contributed by atoms with Gasteiger partial charge in [0.15, 0.2) is 0 Å². The Labute approximate surface area is 122 Å². The van der Waals surface area contributed by atoms with Crippen molar-refractivity contribution in [3.8, 4) is 0 Å². The first-order valence-electron chi connectivity index (χ1n) is 6.40. The first-order chi connectivity index (χ1) is 9.78. The van der Waals surface area contributed by atoms with E-state index in [0.717, 1.165) is 12.0 Å². The maximum atomic E-state index is 11.7. The lowest BCUT2D eigenvalue weighted by Gasteiger charge is -2.14. The third-order valence-electron chi connectivity index (χ3n) is 2.80. The summed E-state index contributed by atoms with van der Waals surface area (Å²) in [7, 11) is 0. The molecule has 1 unspecified atom stereocenters. The number of benzene rings is 1. The van der Waals surface area contributed by atoms with Gasteiger partial charge in [0.2, 0.25) is 0 Å². The lowest BCUT2D eigenvalue weighted by molar-refractivity contribution is 0.137. The number of carbonyl (C=O) groups excluding carboxylic acids is 1. The van der Waals surface area contributed by atoms with Gasteiger partial charge in [-0.15, -0.1) is 17.9 Å². The van der Waals surface area contributed by atoms with Crippen LogP contribution in [0, 0.1) is 0 Å². The molecule has 0 aliphatic carbocycles. The standard InChI is InChI=1S/C16H17NO2S/c1-2-14(11-15-9-6-10-20-15)17-16(18)19-12-13-7-4-3-5-8-13/h2-10,14H,1,11-12H2,(H,17,18). The smallest absolute Gasteiger partial charge is 0.407 e. The van der Waals surface area contributed by atoms with Crippen LogP contribution >= 0.6 is 11.3 Å². The van der Waals surface area contributed by atoms with Crippen molar-refractivity contribution >= 4 is 17.4 Å². The van der Waals surface area contributed by atoms with Crippen LogP contribution in [0.15, 0.2) is 60.5 Å². The highest BCUT2D eigenvalue weighted by Gasteiger charge is 2.11. The number of thiophene rings is 1. The largest absolute Gasteiger partial charge is 0.445 e. The van der Waals surface area contributed by atoms with Gasteiger partial charge in [0, 0.05) is 11.3 Å². The molecule has 20 heavy (non-hydrogen) atoms. The minimum atomic E-state index is -0.421. The fourth-order valence-electron chi connectivity index (χ4n) is 1.75. The van der Waals surface area contributed by atoms with E-state index >= 15 is 0 Å². The van der Waals surface area contributed by atoms with E-state index in [2.05, 4.69) is 11.9 Å². The van der Waals surface area contributed by atoms with Crippen LogP contribution in [0.3, 0.4) is 0 Å². The van der Waals surface area contributed by atoms with E-state index in [0.29, 0.717) is 0 Å². The van der Waals surface area contributed by atoms with Crippen molar-refractivity contribution in [3.63, 3.8) is 0 Å². The fraction of sp³-hybridized carbons (Fsp3) is 0.188. The number of carbonyl (C=O) groups is 1. The van der Waals surface area contributed by atoms with E-state index in [1.807, 2.05) is 47.8 Å². The molecular formula is C16H17NO2S. The highest BCUT2D eigenvalue weighted by atomic mass is 32.1. The van der Waals surface area contributed by atoms with Gasteiger partial charge >= 0.3 is 6.09 Å². The quantitative estimate of drug-likeness (QED) is 0.821. The highest BCUT2D eigenvalue weighted by molar-refractivity contribution is 7.09. The Morgan fingerprint density at radius 3 is 2.75 bits per heavy atom. The SMILES string of the molecule is C=CC(Cc1cccs1)NC(=O)OCc1ccccc1. The zero-order chi connectivity index (χ0) is 14.2. The van der Waals surface area contributed by atoms with Gasteiger partial charge in [-0.1, -0.05) is 42.5 Å². The molecule has 0 bridgehead atoms. The molecule has 0 saturated heterocycles. The van der Waals surface area contributed by atoms with E-state index in [-0.39, 0.29) is 12.6 Å². The van der Waals surface area contributed by atoms with Gasteiger partial charge in [0.05, 0.1) is 6.04 Å². The molecular weight excluding hydrogens is 270 g/mol. The van der Waals surface area contributed by atoms with Crippen molar-refractivity contribution < 1.29 is 9.53 Å². The summed E-state index contributed by atoms with van der Waals surface area (Å²) in [5.74, 6) is 0. The molecule has 1 atom stereocenters. The summed E-state index contributed by atoms with van der Waals surface area (Å²) in [5.41, 5.74) is 0.969. The van der Waals surface area contributed by atoms with Gasteiger partial charge < -0.3 is 10.1 Å². The maximum Gasteiger partial charge on any atom is 0.407 e. The molecule has 0 radical (unpaired) electrons. The molecule has 1 heterocycles. The van der Waals surface area contributed by atoms with E-state index in [1.165, 1.54) is 4.88 Å². The van der Waals surface area contributed by atoms with Crippen molar-refractivity contribution in [2.45, 2.75) is 19.1 Å². The summed E-state index contributed by atoms with van der Waals surface area (Å²) in [5, 5.41) is 4.82. The Balaban J connectivity index is 1.79. The van der Waals surface area contributed by atoms with Crippen LogP contribution in [0.1, 0.15) is 10.4 Å². The molecule has 104 valence electrons. The minimum absolute atomic E-state index is 0.114. The van der Waals surface area contributed by atoms with E-state index in [1.54, 1.807) is 17.4 Å². The van der Waals surface area contributed by atoms with Gasteiger partial charge in [-0.2, -0.15) is 0 Å². The maximum absolute atomic E-state index is 11.7.